The van der Waals surface area contributed by atoms with Gasteiger partial charge in [-0.3, -0.25) is 13.9 Å². The molecule has 0 saturated carbocycles. The fourth-order valence-corrected chi connectivity index (χ4v) is 6.09. The van der Waals surface area contributed by atoms with Crippen molar-refractivity contribution in [2.75, 3.05) is 30.8 Å². The van der Waals surface area contributed by atoms with Crippen molar-refractivity contribution in [3.63, 3.8) is 0 Å². The lowest BCUT2D eigenvalue weighted by atomic mass is 10.0. The summed E-state index contributed by atoms with van der Waals surface area (Å²) < 4.78 is 31.8. The fraction of sp³-hybridized carbons (Fsp3) is 0.394. The molecule has 2 amide bonds. The van der Waals surface area contributed by atoms with Crippen molar-refractivity contribution in [1.29, 1.82) is 0 Å². The molecule has 1 N–H and O–H groups in total. The number of aryl methyl sites for hydroxylation is 1. The second-order valence-corrected chi connectivity index (χ2v) is 12.9. The number of sulfonamides is 1. The SMILES string of the molecule is CCCCNC(=O)[C@@H](Cc1ccccc1)N(Cc1cccc(C)c1)C(=O)CCCN(c1ccc(OC)c(Cl)c1)S(C)(=O)=O. The Morgan fingerprint density at radius 1 is 0.977 bits per heavy atom. The maximum atomic E-state index is 13.9. The molecule has 0 aliphatic rings. The summed E-state index contributed by atoms with van der Waals surface area (Å²) in [6.07, 6.45) is 3.55. The number of nitrogens with one attached hydrogen (secondary N) is 1. The summed E-state index contributed by atoms with van der Waals surface area (Å²) >= 11 is 6.27. The lowest BCUT2D eigenvalue weighted by Crippen LogP contribution is -2.50. The molecule has 3 aromatic carbocycles. The number of hydrogen-bond donors (Lipinski definition) is 1. The number of nitrogens with zero attached hydrogens (tertiary/aromatic N) is 2. The van der Waals surface area contributed by atoms with E-state index in [0.717, 1.165) is 35.8 Å². The Kier molecular flexibility index (Phi) is 12.9. The summed E-state index contributed by atoms with van der Waals surface area (Å²) in [6.45, 7) is 4.89. The van der Waals surface area contributed by atoms with Gasteiger partial charge in [-0.25, -0.2) is 8.42 Å². The second-order valence-electron chi connectivity index (χ2n) is 10.6. The van der Waals surface area contributed by atoms with Crippen LogP contribution in [-0.4, -0.2) is 57.6 Å². The zero-order valence-electron chi connectivity index (χ0n) is 25.4. The minimum absolute atomic E-state index is 0.0508. The number of benzene rings is 3. The van der Waals surface area contributed by atoms with Crippen molar-refractivity contribution < 1.29 is 22.7 Å². The van der Waals surface area contributed by atoms with Crippen LogP contribution >= 0.6 is 11.6 Å². The maximum absolute atomic E-state index is 13.9. The number of methoxy groups -OCH3 is 1. The van der Waals surface area contributed by atoms with E-state index in [1.165, 1.54) is 17.5 Å². The standard InChI is InChI=1S/C33H42ClN3O5S/c1-5-6-19-35-33(39)30(22-26-13-8-7-9-14-26)36(24-27-15-10-12-25(2)21-27)32(38)16-11-20-37(43(4,40)41)28-17-18-31(42-3)29(34)23-28/h7-10,12-15,17-18,21,23,30H,5-6,11,16,19-20,22,24H2,1-4H3,(H,35,39)/t30-/m1/s1. The van der Waals surface area contributed by atoms with Gasteiger partial charge in [0, 0.05) is 32.5 Å². The summed E-state index contributed by atoms with van der Waals surface area (Å²) in [5, 5.41) is 3.31. The van der Waals surface area contributed by atoms with Crippen LogP contribution in [-0.2, 0) is 32.6 Å². The van der Waals surface area contributed by atoms with Gasteiger partial charge in [0.15, 0.2) is 0 Å². The van der Waals surface area contributed by atoms with Crippen LogP contribution in [0.3, 0.4) is 0 Å². The Balaban J connectivity index is 1.88. The maximum Gasteiger partial charge on any atom is 0.243 e. The van der Waals surface area contributed by atoms with Gasteiger partial charge in [0.2, 0.25) is 21.8 Å². The molecule has 0 radical (unpaired) electrons. The van der Waals surface area contributed by atoms with E-state index in [-0.39, 0.29) is 42.8 Å². The molecule has 1 atom stereocenters. The number of anilines is 1. The van der Waals surface area contributed by atoms with E-state index in [4.69, 9.17) is 16.3 Å². The van der Waals surface area contributed by atoms with Crippen molar-refractivity contribution in [3.05, 3.63) is 94.5 Å². The quantitative estimate of drug-likeness (QED) is 0.204. The van der Waals surface area contributed by atoms with Crippen LogP contribution in [0.4, 0.5) is 5.69 Å². The number of amides is 2. The Bertz CT molecular complexity index is 1470. The molecular weight excluding hydrogens is 586 g/mol. The van der Waals surface area contributed by atoms with Crippen molar-refractivity contribution in [2.45, 2.75) is 58.5 Å². The first-order chi connectivity index (χ1) is 20.5. The summed E-state index contributed by atoms with van der Waals surface area (Å²) in [6, 6.07) is 21.5. The zero-order chi connectivity index (χ0) is 31.4. The Morgan fingerprint density at radius 3 is 2.33 bits per heavy atom. The number of unbranched alkanes of at least 4 members (excludes halogenated alkanes) is 1. The van der Waals surface area contributed by atoms with Crippen LogP contribution in [0.15, 0.2) is 72.8 Å². The number of carbonyl (C=O) groups excluding carboxylic acids is 2. The lowest BCUT2D eigenvalue weighted by molar-refractivity contribution is -0.141. The second kappa shape index (κ2) is 16.3. The van der Waals surface area contributed by atoms with Crippen molar-refractivity contribution in [3.8, 4) is 5.75 Å². The van der Waals surface area contributed by atoms with Gasteiger partial charge in [0.05, 0.1) is 24.1 Å². The van der Waals surface area contributed by atoms with E-state index in [1.807, 2.05) is 61.5 Å². The van der Waals surface area contributed by atoms with Gasteiger partial charge >= 0.3 is 0 Å². The molecule has 43 heavy (non-hydrogen) atoms. The van der Waals surface area contributed by atoms with Gasteiger partial charge in [-0.15, -0.1) is 0 Å². The first-order valence-electron chi connectivity index (χ1n) is 14.5. The van der Waals surface area contributed by atoms with E-state index in [1.54, 1.807) is 17.0 Å². The van der Waals surface area contributed by atoms with Crippen molar-refractivity contribution in [1.82, 2.24) is 10.2 Å². The molecule has 0 fully saturated rings. The van der Waals surface area contributed by atoms with E-state index in [0.29, 0.717) is 24.4 Å². The predicted molar refractivity (Wildman–Crippen MR) is 173 cm³/mol. The highest BCUT2D eigenvalue weighted by Gasteiger charge is 2.30. The Hall–Kier alpha value is -3.56. The minimum atomic E-state index is -3.66. The molecule has 8 nitrogen and oxygen atoms in total. The third kappa shape index (κ3) is 10.3. The van der Waals surface area contributed by atoms with E-state index < -0.39 is 16.1 Å². The first kappa shape index (κ1) is 33.9. The van der Waals surface area contributed by atoms with Crippen molar-refractivity contribution >= 4 is 39.1 Å². The smallest absolute Gasteiger partial charge is 0.243 e. The molecule has 0 aliphatic heterocycles. The summed E-state index contributed by atoms with van der Waals surface area (Å²) in [7, 11) is -2.18. The molecule has 0 heterocycles. The molecule has 0 aromatic heterocycles. The van der Waals surface area contributed by atoms with Crippen LogP contribution < -0.4 is 14.4 Å². The Labute approximate surface area is 261 Å². The monoisotopic (exact) mass is 627 g/mol. The summed E-state index contributed by atoms with van der Waals surface area (Å²) in [5.41, 5.74) is 3.30. The van der Waals surface area contributed by atoms with Gasteiger partial charge in [-0.05, 0) is 49.1 Å². The van der Waals surface area contributed by atoms with E-state index in [2.05, 4.69) is 12.2 Å². The minimum Gasteiger partial charge on any atom is -0.495 e. The van der Waals surface area contributed by atoms with E-state index >= 15 is 0 Å². The largest absolute Gasteiger partial charge is 0.495 e. The van der Waals surface area contributed by atoms with Gasteiger partial charge in [0.1, 0.15) is 11.8 Å². The molecule has 0 spiro atoms. The zero-order valence-corrected chi connectivity index (χ0v) is 27.0. The number of ether oxygens (including phenoxy) is 1. The van der Waals surface area contributed by atoms with Gasteiger partial charge in [-0.2, -0.15) is 0 Å². The molecule has 0 bridgehead atoms. The van der Waals surface area contributed by atoms with Crippen LogP contribution in [0.2, 0.25) is 5.02 Å². The number of rotatable bonds is 16. The molecule has 3 rings (SSSR count). The highest BCUT2D eigenvalue weighted by atomic mass is 35.5. The molecule has 3 aromatic rings. The Morgan fingerprint density at radius 2 is 1.70 bits per heavy atom. The molecular formula is C33H42ClN3O5S. The third-order valence-electron chi connectivity index (χ3n) is 7.11. The third-order valence-corrected chi connectivity index (χ3v) is 8.60. The van der Waals surface area contributed by atoms with E-state index in [9.17, 15) is 18.0 Å². The predicted octanol–water partition coefficient (Wildman–Crippen LogP) is 5.76. The molecule has 0 saturated heterocycles. The molecule has 0 unspecified atom stereocenters. The summed E-state index contributed by atoms with van der Waals surface area (Å²) in [5.74, 6) is 0.000689. The molecule has 232 valence electrons. The van der Waals surface area contributed by atoms with Crippen molar-refractivity contribution in [2.24, 2.45) is 0 Å². The van der Waals surface area contributed by atoms with Crippen LogP contribution in [0, 0.1) is 6.92 Å². The van der Waals surface area contributed by atoms with Gasteiger partial charge < -0.3 is 15.0 Å². The van der Waals surface area contributed by atoms with Gasteiger partial charge in [-0.1, -0.05) is 85.1 Å². The normalized spacial score (nSPS) is 11.9. The fourth-order valence-electron chi connectivity index (χ4n) is 4.88. The number of hydrogen-bond acceptors (Lipinski definition) is 5. The van der Waals surface area contributed by atoms with Crippen LogP contribution in [0.1, 0.15) is 49.3 Å². The highest BCUT2D eigenvalue weighted by molar-refractivity contribution is 7.92. The lowest BCUT2D eigenvalue weighted by Gasteiger charge is -2.32. The summed E-state index contributed by atoms with van der Waals surface area (Å²) in [4.78, 5) is 29.2. The first-order valence-corrected chi connectivity index (χ1v) is 16.7. The van der Waals surface area contributed by atoms with Crippen LogP contribution in [0.25, 0.3) is 0 Å². The molecule has 0 aliphatic carbocycles. The number of halogens is 1. The topological polar surface area (TPSA) is 96.0 Å². The highest BCUT2D eigenvalue weighted by Crippen LogP contribution is 2.30. The van der Waals surface area contributed by atoms with Gasteiger partial charge in [0.25, 0.3) is 0 Å². The average molecular weight is 628 g/mol. The average Bonchev–Trinajstić information content (AvgIpc) is 2.97. The van der Waals surface area contributed by atoms with Crippen LogP contribution in [0.5, 0.6) is 5.75 Å². The number of carbonyl (C=O) groups is 2. The molecule has 10 heteroatoms.